The molecule has 0 N–H and O–H groups in total. The minimum Gasteiger partial charge on any atom is -0.461 e. The van der Waals surface area contributed by atoms with Gasteiger partial charge in [-0.2, -0.15) is 0 Å². The number of ketones is 1. The normalized spacial score (nSPS) is 16.6. The number of carbonyl (C=O) groups excluding carboxylic acids is 1. The maximum Gasteiger partial charge on any atom is 0.193 e. The lowest BCUT2D eigenvalue weighted by atomic mass is 9.99. The molecule has 1 aromatic heterocycles. The molecule has 0 bridgehead atoms. The highest BCUT2D eigenvalue weighted by Crippen LogP contribution is 2.28. The molecule has 4 heteroatoms. The van der Waals surface area contributed by atoms with Crippen molar-refractivity contribution >= 4 is 16.8 Å². The number of benzene rings is 3. The summed E-state index contributed by atoms with van der Waals surface area (Å²) in [4.78, 5) is 15.2. The summed E-state index contributed by atoms with van der Waals surface area (Å²) in [5.41, 5.74) is 3.89. The highest BCUT2D eigenvalue weighted by molar-refractivity contribution is 6.09. The number of hydrogen-bond donors (Lipinski definition) is 0. The van der Waals surface area contributed by atoms with Crippen LogP contribution < -0.4 is 0 Å². The van der Waals surface area contributed by atoms with Crippen LogP contribution in [0.3, 0.4) is 0 Å². The molecule has 1 saturated heterocycles. The lowest BCUT2D eigenvalue weighted by Gasteiger charge is -2.19. The molecule has 0 aliphatic carbocycles. The number of furan rings is 1. The van der Waals surface area contributed by atoms with Gasteiger partial charge in [0, 0.05) is 35.5 Å². The van der Waals surface area contributed by atoms with Gasteiger partial charge in [-0.15, -0.1) is 0 Å². The first-order chi connectivity index (χ1) is 15.6. The van der Waals surface area contributed by atoms with Crippen molar-refractivity contribution in [1.29, 1.82) is 0 Å². The highest BCUT2D eigenvalue weighted by Gasteiger charge is 2.20. The van der Waals surface area contributed by atoms with E-state index in [9.17, 15) is 9.18 Å². The fraction of sp³-hybridized carbons (Fsp3) is 0.250. The second kappa shape index (κ2) is 8.71. The second-order valence-electron chi connectivity index (χ2n) is 8.66. The molecule has 2 heterocycles. The maximum absolute atomic E-state index is 13.4. The highest BCUT2D eigenvalue weighted by atomic mass is 19.1. The first-order valence-corrected chi connectivity index (χ1v) is 11.2. The van der Waals surface area contributed by atoms with Crippen molar-refractivity contribution < 1.29 is 13.6 Å². The summed E-state index contributed by atoms with van der Waals surface area (Å²) in [6, 6.07) is 22.2. The summed E-state index contributed by atoms with van der Waals surface area (Å²) in [5, 5.41) is 1.09. The van der Waals surface area contributed by atoms with Crippen LogP contribution in [0.5, 0.6) is 0 Å². The molecule has 162 valence electrons. The topological polar surface area (TPSA) is 33.5 Å². The molecule has 1 atom stereocenters. The average molecular weight is 428 g/mol. The van der Waals surface area contributed by atoms with Gasteiger partial charge < -0.3 is 9.32 Å². The summed E-state index contributed by atoms with van der Waals surface area (Å²) in [5.74, 6) is 0.431. The van der Waals surface area contributed by atoms with E-state index in [1.807, 2.05) is 24.3 Å². The molecular weight excluding hydrogens is 401 g/mol. The van der Waals surface area contributed by atoms with Gasteiger partial charge >= 0.3 is 0 Å². The van der Waals surface area contributed by atoms with Crippen molar-refractivity contribution in [2.24, 2.45) is 0 Å². The molecule has 1 aliphatic rings. The van der Waals surface area contributed by atoms with E-state index in [2.05, 4.69) is 24.0 Å². The fourth-order valence-corrected chi connectivity index (χ4v) is 4.59. The van der Waals surface area contributed by atoms with Gasteiger partial charge in [0.25, 0.3) is 0 Å². The molecule has 4 aromatic rings. The number of rotatable bonds is 6. The van der Waals surface area contributed by atoms with Gasteiger partial charge in [-0.1, -0.05) is 42.5 Å². The SMILES string of the molecule is C[C@@H]1CCCN1CCc1cc2cc(-c3ccc(C(=O)c4cccc(F)c4)cc3)ccc2o1. The molecule has 3 nitrogen and oxygen atoms in total. The third kappa shape index (κ3) is 4.23. The zero-order chi connectivity index (χ0) is 22.1. The predicted octanol–water partition coefficient (Wildman–Crippen LogP) is 6.50. The van der Waals surface area contributed by atoms with Crippen molar-refractivity contribution in [3.8, 4) is 11.1 Å². The van der Waals surface area contributed by atoms with E-state index in [1.165, 1.54) is 31.5 Å². The van der Waals surface area contributed by atoms with Crippen LogP contribution >= 0.6 is 0 Å². The van der Waals surface area contributed by atoms with Gasteiger partial charge in [0.05, 0.1) is 0 Å². The van der Waals surface area contributed by atoms with Crippen LogP contribution in [-0.2, 0) is 6.42 Å². The molecule has 0 radical (unpaired) electrons. The maximum atomic E-state index is 13.4. The Kier molecular flexibility index (Phi) is 5.62. The van der Waals surface area contributed by atoms with E-state index in [0.29, 0.717) is 17.2 Å². The van der Waals surface area contributed by atoms with Gasteiger partial charge in [0.2, 0.25) is 0 Å². The zero-order valence-corrected chi connectivity index (χ0v) is 18.2. The number of fused-ring (bicyclic) bond motifs is 1. The van der Waals surface area contributed by atoms with Crippen LogP contribution in [0.2, 0.25) is 0 Å². The molecule has 1 aliphatic heterocycles. The summed E-state index contributed by atoms with van der Waals surface area (Å²) in [7, 11) is 0. The third-order valence-corrected chi connectivity index (χ3v) is 6.47. The number of halogens is 1. The Morgan fingerprint density at radius 2 is 1.81 bits per heavy atom. The summed E-state index contributed by atoms with van der Waals surface area (Å²) in [6.45, 7) is 4.52. The zero-order valence-electron chi connectivity index (χ0n) is 18.2. The van der Waals surface area contributed by atoms with Crippen LogP contribution in [0.25, 0.3) is 22.1 Å². The number of hydrogen-bond acceptors (Lipinski definition) is 3. The molecular formula is C28H26FNO2. The van der Waals surface area contributed by atoms with Gasteiger partial charge in [0.15, 0.2) is 5.78 Å². The Hall–Kier alpha value is -3.24. The summed E-state index contributed by atoms with van der Waals surface area (Å²) >= 11 is 0. The molecule has 0 saturated carbocycles. The Labute approximate surface area is 187 Å². The molecule has 3 aromatic carbocycles. The van der Waals surface area contributed by atoms with Crippen LogP contribution in [0.4, 0.5) is 4.39 Å². The molecule has 5 rings (SSSR count). The van der Waals surface area contributed by atoms with Crippen molar-refractivity contribution in [2.45, 2.75) is 32.2 Å². The van der Waals surface area contributed by atoms with E-state index in [0.717, 1.165) is 40.8 Å². The first-order valence-electron chi connectivity index (χ1n) is 11.2. The van der Waals surface area contributed by atoms with E-state index < -0.39 is 5.82 Å². The lowest BCUT2D eigenvalue weighted by Crippen LogP contribution is -2.28. The van der Waals surface area contributed by atoms with Gasteiger partial charge in [0.1, 0.15) is 17.2 Å². The van der Waals surface area contributed by atoms with Crippen molar-refractivity contribution in [1.82, 2.24) is 4.90 Å². The smallest absolute Gasteiger partial charge is 0.193 e. The van der Waals surface area contributed by atoms with E-state index in [-0.39, 0.29) is 5.78 Å². The quantitative estimate of drug-likeness (QED) is 0.330. The molecule has 0 unspecified atom stereocenters. The van der Waals surface area contributed by atoms with Crippen molar-refractivity contribution in [3.05, 3.63) is 95.5 Å². The fourth-order valence-electron chi connectivity index (χ4n) is 4.59. The number of likely N-dealkylation sites (tertiary alicyclic amines) is 1. The second-order valence-corrected chi connectivity index (χ2v) is 8.66. The van der Waals surface area contributed by atoms with Gasteiger partial charge in [-0.25, -0.2) is 4.39 Å². The Morgan fingerprint density at radius 3 is 2.56 bits per heavy atom. The Morgan fingerprint density at radius 1 is 1.00 bits per heavy atom. The minimum atomic E-state index is -0.407. The third-order valence-electron chi connectivity index (χ3n) is 6.47. The van der Waals surface area contributed by atoms with Crippen molar-refractivity contribution in [2.75, 3.05) is 13.1 Å². The summed E-state index contributed by atoms with van der Waals surface area (Å²) < 4.78 is 19.5. The number of carbonyl (C=O) groups is 1. The first kappa shape index (κ1) is 20.7. The van der Waals surface area contributed by atoms with Crippen LogP contribution in [0.15, 0.2) is 77.2 Å². The van der Waals surface area contributed by atoms with Crippen molar-refractivity contribution in [3.63, 3.8) is 0 Å². The average Bonchev–Trinajstić information content (AvgIpc) is 3.42. The Balaban J connectivity index is 1.32. The summed E-state index contributed by atoms with van der Waals surface area (Å²) in [6.07, 6.45) is 3.50. The minimum absolute atomic E-state index is 0.182. The molecule has 32 heavy (non-hydrogen) atoms. The predicted molar refractivity (Wildman–Crippen MR) is 125 cm³/mol. The number of nitrogens with zero attached hydrogens (tertiary/aromatic N) is 1. The van der Waals surface area contributed by atoms with E-state index in [4.69, 9.17) is 4.42 Å². The monoisotopic (exact) mass is 427 g/mol. The van der Waals surface area contributed by atoms with E-state index in [1.54, 1.807) is 24.3 Å². The van der Waals surface area contributed by atoms with Crippen LogP contribution in [0, 0.1) is 5.82 Å². The van der Waals surface area contributed by atoms with Gasteiger partial charge in [-0.05, 0) is 67.8 Å². The van der Waals surface area contributed by atoms with E-state index >= 15 is 0 Å². The molecule has 0 amide bonds. The lowest BCUT2D eigenvalue weighted by molar-refractivity contribution is 0.103. The largest absolute Gasteiger partial charge is 0.461 e. The van der Waals surface area contributed by atoms with Crippen LogP contribution in [-0.4, -0.2) is 29.8 Å². The molecule has 0 spiro atoms. The Bertz CT molecular complexity index is 1260. The van der Waals surface area contributed by atoms with Gasteiger partial charge in [-0.3, -0.25) is 4.79 Å². The molecule has 1 fully saturated rings. The van der Waals surface area contributed by atoms with Crippen LogP contribution in [0.1, 0.15) is 41.4 Å². The standard InChI is InChI=1S/C28H26FNO2/c1-19-4-3-14-30(19)15-13-26-18-24-16-22(11-12-27(24)32-26)20-7-9-21(10-8-20)28(31)23-5-2-6-25(29)17-23/h2,5-12,16-19H,3-4,13-15H2,1H3/t19-/m1/s1.